The molecule has 84 valence electrons. The number of aromatic nitrogens is 3. The summed E-state index contributed by atoms with van der Waals surface area (Å²) < 4.78 is 0. The molecule has 2 aromatic rings. The number of H-pyrrole nitrogens is 1. The number of nitrogen functional groups attached to an aromatic ring is 1. The summed E-state index contributed by atoms with van der Waals surface area (Å²) in [5, 5.41) is 9.24. The van der Waals surface area contributed by atoms with E-state index in [1.54, 1.807) is 19.4 Å². The largest absolute Gasteiger partial charge is 0.394 e. The number of carbonyl (C=O) groups is 1. The number of hydrogen-bond acceptors (Lipinski definition) is 5. The van der Waals surface area contributed by atoms with Gasteiger partial charge in [0.15, 0.2) is 5.82 Å². The number of thiazole rings is 1. The second-order valence-electron chi connectivity index (χ2n) is 3.33. The topological polar surface area (TPSA) is 96.7 Å². The van der Waals surface area contributed by atoms with Gasteiger partial charge in [0.05, 0.1) is 22.6 Å². The number of rotatable bonds is 2. The summed E-state index contributed by atoms with van der Waals surface area (Å²) in [4.78, 5) is 16.4. The molecule has 0 saturated carbocycles. The first-order valence-corrected chi connectivity index (χ1v) is 5.49. The van der Waals surface area contributed by atoms with E-state index in [-0.39, 0.29) is 5.91 Å². The second kappa shape index (κ2) is 3.93. The summed E-state index contributed by atoms with van der Waals surface area (Å²) in [5.74, 6) is 0.119. The zero-order chi connectivity index (χ0) is 11.7. The molecule has 6 nitrogen and oxygen atoms in total. The lowest BCUT2D eigenvalue weighted by Gasteiger charge is -2.01. The normalized spacial score (nSPS) is 10.4. The molecule has 0 aliphatic heterocycles. The Labute approximate surface area is 95.9 Å². The average Bonchev–Trinajstić information content (AvgIpc) is 2.79. The molecule has 0 unspecified atom stereocenters. The van der Waals surface area contributed by atoms with Gasteiger partial charge in [0.2, 0.25) is 0 Å². The van der Waals surface area contributed by atoms with Crippen molar-refractivity contribution in [2.24, 2.45) is 0 Å². The highest BCUT2D eigenvalue weighted by Crippen LogP contribution is 2.20. The minimum Gasteiger partial charge on any atom is -0.394 e. The maximum Gasteiger partial charge on any atom is 0.268 e. The number of hydrogen-bond donors (Lipinski definition) is 3. The van der Waals surface area contributed by atoms with Crippen LogP contribution >= 0.6 is 11.3 Å². The van der Waals surface area contributed by atoms with E-state index in [2.05, 4.69) is 20.5 Å². The standard InChI is InChI=1S/C9H11N5OS/c1-4-6(10)8(14-13-4)12-9(15)7-5(2)11-3-16-7/h3H,10H2,1-2H3,(H2,12,13,14,15). The predicted molar refractivity (Wildman–Crippen MR) is 62.5 cm³/mol. The number of nitrogens with two attached hydrogens (primary N) is 1. The summed E-state index contributed by atoms with van der Waals surface area (Å²) in [7, 11) is 0. The average molecular weight is 237 g/mol. The molecule has 0 spiro atoms. The van der Waals surface area contributed by atoms with E-state index >= 15 is 0 Å². The fraction of sp³-hybridized carbons (Fsp3) is 0.222. The fourth-order valence-corrected chi connectivity index (χ4v) is 1.91. The van der Waals surface area contributed by atoms with Crippen molar-refractivity contribution in [3.8, 4) is 0 Å². The number of anilines is 2. The van der Waals surface area contributed by atoms with Gasteiger partial charge in [0.25, 0.3) is 5.91 Å². The summed E-state index contributed by atoms with van der Waals surface area (Å²) in [6, 6.07) is 0. The Bertz CT molecular complexity index is 530. The predicted octanol–water partition coefficient (Wildman–Crippen LogP) is 1.32. The lowest BCUT2D eigenvalue weighted by molar-refractivity contribution is 0.102. The van der Waals surface area contributed by atoms with Crippen molar-refractivity contribution in [2.45, 2.75) is 13.8 Å². The van der Waals surface area contributed by atoms with E-state index in [0.29, 0.717) is 22.1 Å². The van der Waals surface area contributed by atoms with E-state index in [9.17, 15) is 4.79 Å². The van der Waals surface area contributed by atoms with E-state index in [1.165, 1.54) is 11.3 Å². The van der Waals surface area contributed by atoms with Gasteiger partial charge in [-0.25, -0.2) is 4.98 Å². The third-order valence-electron chi connectivity index (χ3n) is 2.18. The second-order valence-corrected chi connectivity index (χ2v) is 4.19. The lowest BCUT2D eigenvalue weighted by Crippen LogP contribution is -2.13. The molecule has 2 heterocycles. The first kappa shape index (κ1) is 10.6. The van der Waals surface area contributed by atoms with Gasteiger partial charge in [-0.2, -0.15) is 5.10 Å². The summed E-state index contributed by atoms with van der Waals surface area (Å²) in [5.41, 5.74) is 9.24. The maximum atomic E-state index is 11.8. The minimum atomic E-state index is -0.238. The molecule has 2 aromatic heterocycles. The highest BCUT2D eigenvalue weighted by Gasteiger charge is 2.15. The molecule has 0 saturated heterocycles. The van der Waals surface area contributed by atoms with Crippen LogP contribution < -0.4 is 11.1 Å². The van der Waals surface area contributed by atoms with E-state index in [1.807, 2.05) is 0 Å². The Kier molecular flexibility index (Phi) is 2.61. The van der Waals surface area contributed by atoms with E-state index in [4.69, 9.17) is 5.73 Å². The van der Waals surface area contributed by atoms with Crippen molar-refractivity contribution in [3.05, 3.63) is 21.8 Å². The molecular weight excluding hydrogens is 226 g/mol. The zero-order valence-corrected chi connectivity index (χ0v) is 9.68. The highest BCUT2D eigenvalue weighted by molar-refractivity contribution is 7.12. The molecule has 0 bridgehead atoms. The van der Waals surface area contributed by atoms with Gasteiger partial charge in [-0.3, -0.25) is 9.89 Å². The number of aromatic amines is 1. The first-order valence-electron chi connectivity index (χ1n) is 4.61. The molecule has 2 rings (SSSR count). The summed E-state index contributed by atoms with van der Waals surface area (Å²) in [6.45, 7) is 3.57. The van der Waals surface area contributed by atoms with Gasteiger partial charge in [-0.05, 0) is 13.8 Å². The maximum absolute atomic E-state index is 11.8. The van der Waals surface area contributed by atoms with Gasteiger partial charge >= 0.3 is 0 Å². The van der Waals surface area contributed by atoms with E-state index in [0.717, 1.165) is 5.69 Å². The summed E-state index contributed by atoms with van der Waals surface area (Å²) >= 11 is 1.29. The number of amides is 1. The molecule has 16 heavy (non-hydrogen) atoms. The van der Waals surface area contributed by atoms with Crippen molar-refractivity contribution in [2.75, 3.05) is 11.1 Å². The van der Waals surface area contributed by atoms with Crippen LogP contribution in [-0.4, -0.2) is 21.1 Å². The monoisotopic (exact) mass is 237 g/mol. The Morgan fingerprint density at radius 2 is 2.31 bits per heavy atom. The van der Waals surface area contributed by atoms with Gasteiger partial charge < -0.3 is 11.1 Å². The molecule has 0 atom stereocenters. The quantitative estimate of drug-likeness (QED) is 0.733. The Hall–Kier alpha value is -1.89. The van der Waals surface area contributed by atoms with Crippen molar-refractivity contribution in [3.63, 3.8) is 0 Å². The van der Waals surface area contributed by atoms with Crippen LogP contribution in [0.2, 0.25) is 0 Å². The van der Waals surface area contributed by atoms with Crippen LogP contribution in [0.5, 0.6) is 0 Å². The molecule has 0 aliphatic carbocycles. The lowest BCUT2D eigenvalue weighted by atomic mass is 10.3. The van der Waals surface area contributed by atoms with Gasteiger partial charge in [0.1, 0.15) is 4.88 Å². The van der Waals surface area contributed by atoms with E-state index < -0.39 is 0 Å². The Morgan fingerprint density at radius 3 is 2.81 bits per heavy atom. The molecule has 7 heteroatoms. The van der Waals surface area contributed by atoms with Crippen LogP contribution in [0.4, 0.5) is 11.5 Å². The molecule has 0 aliphatic rings. The van der Waals surface area contributed by atoms with Crippen molar-refractivity contribution in [1.29, 1.82) is 0 Å². The molecule has 0 radical (unpaired) electrons. The number of nitrogens with zero attached hydrogens (tertiary/aromatic N) is 2. The third kappa shape index (κ3) is 1.76. The number of carbonyl (C=O) groups excluding carboxylic acids is 1. The van der Waals surface area contributed by atoms with Crippen LogP contribution in [0, 0.1) is 13.8 Å². The van der Waals surface area contributed by atoms with Crippen LogP contribution in [0.3, 0.4) is 0 Å². The van der Waals surface area contributed by atoms with Gasteiger partial charge in [-0.15, -0.1) is 11.3 Å². The SMILES string of the molecule is Cc1ncsc1C(=O)Nc1n[nH]c(C)c1N. The van der Waals surface area contributed by atoms with Crippen molar-refractivity contribution < 1.29 is 4.79 Å². The van der Waals surface area contributed by atoms with Crippen LogP contribution in [0.1, 0.15) is 21.1 Å². The van der Waals surface area contributed by atoms with Gasteiger partial charge in [-0.1, -0.05) is 0 Å². The van der Waals surface area contributed by atoms with Crippen molar-refractivity contribution in [1.82, 2.24) is 15.2 Å². The number of nitrogens with one attached hydrogen (secondary N) is 2. The molecular formula is C9H11N5OS. The molecule has 4 N–H and O–H groups in total. The highest BCUT2D eigenvalue weighted by atomic mass is 32.1. The minimum absolute atomic E-state index is 0.238. The molecule has 1 amide bonds. The third-order valence-corrected chi connectivity index (χ3v) is 3.11. The van der Waals surface area contributed by atoms with Crippen LogP contribution in [0.15, 0.2) is 5.51 Å². The van der Waals surface area contributed by atoms with Crippen molar-refractivity contribution >= 4 is 28.7 Å². The molecule has 0 fully saturated rings. The van der Waals surface area contributed by atoms with Crippen LogP contribution in [-0.2, 0) is 0 Å². The fourth-order valence-electron chi connectivity index (χ4n) is 1.22. The van der Waals surface area contributed by atoms with Gasteiger partial charge in [0, 0.05) is 0 Å². The molecule has 0 aromatic carbocycles. The Balaban J connectivity index is 2.20. The Morgan fingerprint density at radius 1 is 1.56 bits per heavy atom. The zero-order valence-electron chi connectivity index (χ0n) is 8.87. The summed E-state index contributed by atoms with van der Waals surface area (Å²) in [6.07, 6.45) is 0. The smallest absolute Gasteiger partial charge is 0.268 e. The first-order chi connectivity index (χ1) is 7.59. The van der Waals surface area contributed by atoms with Crippen LogP contribution in [0.25, 0.3) is 0 Å². The number of aryl methyl sites for hydroxylation is 2.